The molecule has 1 unspecified atom stereocenters. The number of nitrogens with zero attached hydrogens (tertiary/aromatic N) is 1. The monoisotopic (exact) mass is 528 g/mol. The third-order valence-corrected chi connectivity index (χ3v) is 5.65. The Hall–Kier alpha value is 0.400. The van der Waals surface area contributed by atoms with Gasteiger partial charge >= 0.3 is 132 Å². The predicted octanol–water partition coefficient (Wildman–Crippen LogP) is 5.14. The van der Waals surface area contributed by atoms with Gasteiger partial charge in [-0.2, -0.15) is 0 Å². The van der Waals surface area contributed by atoms with Crippen molar-refractivity contribution >= 4 is 37.2 Å². The van der Waals surface area contributed by atoms with E-state index in [0.29, 0.717) is 5.92 Å². The van der Waals surface area contributed by atoms with Crippen molar-refractivity contribution in [3.05, 3.63) is 57.0 Å². The molecule has 0 aromatic heterocycles. The number of likely N-dealkylation sites (N-methyl/N-ethyl adjacent to an activating group) is 1. The van der Waals surface area contributed by atoms with Crippen LogP contribution in [-0.4, -0.2) is 24.5 Å². The summed E-state index contributed by atoms with van der Waals surface area (Å²) >= 11 is 1.19. The van der Waals surface area contributed by atoms with Gasteiger partial charge in [0.1, 0.15) is 0 Å². The van der Waals surface area contributed by atoms with Gasteiger partial charge in [-0.1, -0.05) is 0 Å². The van der Waals surface area contributed by atoms with E-state index in [1.807, 2.05) is 0 Å². The van der Waals surface area contributed by atoms with Crippen LogP contribution in [0.2, 0.25) is 0 Å². The Labute approximate surface area is 168 Å². The first-order valence-corrected chi connectivity index (χ1v) is 8.94. The Balaban J connectivity index is 0. The second kappa shape index (κ2) is 12.8. The number of hydrogen-bond donors (Lipinski definition) is 0. The molecule has 1 aliphatic carbocycles. The molecule has 5 heteroatoms. The molecule has 22 heavy (non-hydrogen) atoms. The van der Waals surface area contributed by atoms with E-state index in [1.54, 1.807) is 8.90 Å². The summed E-state index contributed by atoms with van der Waals surface area (Å²) in [6.07, 6.45) is 5.88. The van der Waals surface area contributed by atoms with Crippen LogP contribution in [0.25, 0.3) is 0 Å². The van der Waals surface area contributed by atoms with Crippen molar-refractivity contribution in [1.82, 2.24) is 4.90 Å². The predicted molar refractivity (Wildman–Crippen MR) is 99.5 cm³/mol. The average Bonchev–Trinajstić information content (AvgIpc) is 2.87. The molecule has 0 saturated heterocycles. The quantitative estimate of drug-likeness (QED) is 0.463. The van der Waals surface area contributed by atoms with Gasteiger partial charge in [0.2, 0.25) is 0 Å². The van der Waals surface area contributed by atoms with Crippen LogP contribution in [0.15, 0.2) is 51.4 Å². The van der Waals surface area contributed by atoms with Crippen LogP contribution in [0.3, 0.4) is 0 Å². The molecule has 1 nitrogen and oxygen atoms in total. The van der Waals surface area contributed by atoms with E-state index in [2.05, 4.69) is 61.2 Å². The molecule has 0 aliphatic heterocycles. The molecule has 1 atom stereocenters. The molecule has 0 saturated carbocycles. The summed E-state index contributed by atoms with van der Waals surface area (Å²) in [4.78, 5) is 2.53. The van der Waals surface area contributed by atoms with Gasteiger partial charge in [0.15, 0.2) is 0 Å². The van der Waals surface area contributed by atoms with Gasteiger partial charge in [-0.25, -0.2) is 0 Å². The molecule has 2 rings (SSSR count). The van der Waals surface area contributed by atoms with Gasteiger partial charge < -0.3 is 0 Å². The van der Waals surface area contributed by atoms with Crippen molar-refractivity contribution in [3.8, 4) is 0 Å². The number of benzene rings is 1. The minimum absolute atomic E-state index is 0. The first kappa shape index (κ1) is 24.7. The molecule has 123 valence electrons. The molecule has 1 aliphatic rings. The Morgan fingerprint density at radius 3 is 2.09 bits per heavy atom. The van der Waals surface area contributed by atoms with E-state index in [1.165, 1.54) is 36.4 Å². The SMILES string of the molecule is CCN(CC)CC(C1=[C]([Hf])CC=C1)c1ccccc1.Cl.Cl.Cl. The first-order chi connectivity index (χ1) is 9.26. The van der Waals surface area contributed by atoms with E-state index in [4.69, 9.17) is 0 Å². The molecular weight excluding hydrogens is 503 g/mol. The van der Waals surface area contributed by atoms with Crippen LogP contribution >= 0.6 is 37.2 Å². The number of allylic oxidation sites excluding steroid dienone is 3. The maximum absolute atomic E-state index is 2.53. The van der Waals surface area contributed by atoms with E-state index in [0.717, 1.165) is 19.6 Å². The zero-order valence-electron chi connectivity index (χ0n) is 13.1. The zero-order valence-corrected chi connectivity index (χ0v) is 19.2. The zero-order chi connectivity index (χ0) is 13.7. The Morgan fingerprint density at radius 2 is 1.64 bits per heavy atom. The van der Waals surface area contributed by atoms with Crippen molar-refractivity contribution in [2.24, 2.45) is 0 Å². The summed E-state index contributed by atoms with van der Waals surface area (Å²) < 4.78 is 1.67. The van der Waals surface area contributed by atoms with Gasteiger partial charge in [-0.15, -0.1) is 37.2 Å². The number of hydrogen-bond acceptors (Lipinski definition) is 1. The number of halogens is 3. The van der Waals surface area contributed by atoms with Gasteiger partial charge in [0.25, 0.3) is 0 Å². The van der Waals surface area contributed by atoms with E-state index in [-0.39, 0.29) is 37.2 Å². The second-order valence-electron chi connectivity index (χ2n) is 4.99. The topological polar surface area (TPSA) is 3.24 Å². The molecule has 0 bridgehead atoms. The fraction of sp³-hybridized carbons (Fsp3) is 0.412. The van der Waals surface area contributed by atoms with Gasteiger partial charge in [-0.05, 0) is 0 Å². The summed E-state index contributed by atoms with van der Waals surface area (Å²) in [5.41, 5.74) is 3.05. The van der Waals surface area contributed by atoms with Gasteiger partial charge in [0, 0.05) is 0 Å². The van der Waals surface area contributed by atoms with Gasteiger partial charge in [-0.3, -0.25) is 0 Å². The molecule has 0 heterocycles. The van der Waals surface area contributed by atoms with Crippen LogP contribution < -0.4 is 0 Å². The normalized spacial score (nSPS) is 14.1. The smallest absolute Gasteiger partial charge is 0.147 e. The van der Waals surface area contributed by atoms with Crippen molar-refractivity contribution in [2.45, 2.75) is 26.2 Å². The van der Waals surface area contributed by atoms with E-state index in [9.17, 15) is 0 Å². The molecule has 0 N–H and O–H groups in total. The summed E-state index contributed by atoms with van der Waals surface area (Å²) in [6.45, 7) is 7.92. The van der Waals surface area contributed by atoms with Gasteiger partial charge in [0.05, 0.1) is 0 Å². The molecule has 0 spiro atoms. The summed E-state index contributed by atoms with van der Waals surface area (Å²) in [5, 5.41) is 0. The van der Waals surface area contributed by atoms with Crippen LogP contribution in [0.4, 0.5) is 0 Å². The molecular formula is C17H25Cl3HfN. The first-order valence-electron chi connectivity index (χ1n) is 7.14. The number of rotatable bonds is 6. The molecule has 0 amide bonds. The third kappa shape index (κ3) is 6.49. The molecule has 1 aromatic rings. The minimum Gasteiger partial charge on any atom is -0.147 e. The summed E-state index contributed by atoms with van der Waals surface area (Å²) in [6, 6.07) is 11.0. The maximum Gasteiger partial charge on any atom is -0.147 e. The van der Waals surface area contributed by atoms with Crippen molar-refractivity contribution in [3.63, 3.8) is 0 Å². The molecule has 0 radical (unpaired) electrons. The van der Waals surface area contributed by atoms with Crippen molar-refractivity contribution < 1.29 is 24.4 Å². The van der Waals surface area contributed by atoms with Crippen LogP contribution in [0.1, 0.15) is 31.7 Å². The fourth-order valence-corrected chi connectivity index (χ4v) is 4.01. The van der Waals surface area contributed by atoms with Crippen LogP contribution in [0.5, 0.6) is 0 Å². The standard InChI is InChI=1S/C17H22N.3ClH.Hf/c1-3-18(4-2)14-17(16-12-8-9-13-16)15-10-6-5-7-11-15;;;;/h5-8,10-12,17H,3-4,9,14H2,1-2H3;3*1H;. The maximum atomic E-state index is 2.53. The average molecular weight is 528 g/mol. The van der Waals surface area contributed by atoms with Crippen molar-refractivity contribution in [1.29, 1.82) is 0 Å². The van der Waals surface area contributed by atoms with Crippen molar-refractivity contribution in [2.75, 3.05) is 19.6 Å². The third-order valence-electron chi connectivity index (χ3n) is 3.88. The van der Waals surface area contributed by atoms with E-state index >= 15 is 0 Å². The Bertz CT molecular complexity index is 470. The summed E-state index contributed by atoms with van der Waals surface area (Å²) in [5.74, 6) is 0.548. The fourth-order valence-electron chi connectivity index (χ4n) is 2.66. The van der Waals surface area contributed by atoms with Crippen LogP contribution in [-0.2, 0) is 24.4 Å². The summed E-state index contributed by atoms with van der Waals surface area (Å²) in [7, 11) is 0. The van der Waals surface area contributed by atoms with Crippen LogP contribution in [0, 0.1) is 0 Å². The largest absolute Gasteiger partial charge is 0.147 e. The van der Waals surface area contributed by atoms with E-state index < -0.39 is 0 Å². The molecule has 1 aromatic carbocycles. The Morgan fingerprint density at radius 1 is 1.05 bits per heavy atom. The minimum atomic E-state index is 0. The molecule has 0 fully saturated rings. The Kier molecular flexibility index (Phi) is 14.3. The second-order valence-corrected chi connectivity index (χ2v) is 7.16.